The van der Waals surface area contributed by atoms with Crippen molar-refractivity contribution in [3.8, 4) is 0 Å². The lowest BCUT2D eigenvalue weighted by atomic mass is 10.1. The fourth-order valence-corrected chi connectivity index (χ4v) is 1.99. The third-order valence-electron chi connectivity index (χ3n) is 2.59. The Kier molecular flexibility index (Phi) is 5.27. The summed E-state index contributed by atoms with van der Waals surface area (Å²) >= 11 is 2.93. The summed E-state index contributed by atoms with van der Waals surface area (Å²) in [7, 11) is 0. The molecule has 0 aromatic heterocycles. The first-order chi connectivity index (χ1) is 9.52. The fraction of sp³-hybridized carbons (Fsp3) is 0.385. The molecule has 21 heavy (non-hydrogen) atoms. The molecule has 0 saturated heterocycles. The molecular formula is C13H15BrF2N2O3. The number of rotatable bonds is 3. The summed E-state index contributed by atoms with van der Waals surface area (Å²) in [5, 5.41) is 10.9. The molecule has 1 rings (SSSR count). The number of aliphatic carboxylic acids is 1. The second kappa shape index (κ2) is 6.38. The molecule has 1 aromatic carbocycles. The molecule has 5 nitrogen and oxygen atoms in total. The van der Waals surface area contributed by atoms with Crippen molar-refractivity contribution in [1.82, 2.24) is 4.90 Å². The van der Waals surface area contributed by atoms with Gasteiger partial charge in [0.1, 0.15) is 12.2 Å². The van der Waals surface area contributed by atoms with Crippen LogP contribution in [0, 0.1) is 11.6 Å². The van der Waals surface area contributed by atoms with Crippen LogP contribution in [0.25, 0.3) is 0 Å². The molecule has 8 heteroatoms. The molecule has 2 N–H and O–H groups in total. The normalized spacial score (nSPS) is 11.1. The van der Waals surface area contributed by atoms with Gasteiger partial charge in [0.25, 0.3) is 0 Å². The molecule has 116 valence electrons. The Hall–Kier alpha value is -1.70. The van der Waals surface area contributed by atoms with Crippen LogP contribution in [0.3, 0.4) is 0 Å². The first-order valence-electron chi connectivity index (χ1n) is 5.97. The van der Waals surface area contributed by atoms with Crippen LogP contribution < -0.4 is 5.32 Å². The van der Waals surface area contributed by atoms with Gasteiger partial charge in [0.2, 0.25) is 0 Å². The summed E-state index contributed by atoms with van der Waals surface area (Å²) in [4.78, 5) is 23.9. The van der Waals surface area contributed by atoms with Crippen LogP contribution in [0.15, 0.2) is 16.6 Å². The van der Waals surface area contributed by atoms with Crippen LogP contribution in [0.5, 0.6) is 0 Å². The first-order valence-corrected chi connectivity index (χ1v) is 6.76. The lowest BCUT2D eigenvalue weighted by molar-refractivity contribution is -0.138. The zero-order chi connectivity index (χ0) is 16.4. The molecule has 0 bridgehead atoms. The summed E-state index contributed by atoms with van der Waals surface area (Å²) in [6, 6.07) is 1.10. The number of hydrogen-bond acceptors (Lipinski definition) is 2. The second-order valence-electron chi connectivity index (χ2n) is 5.33. The molecule has 0 aliphatic carbocycles. The van der Waals surface area contributed by atoms with Crippen LogP contribution in [-0.4, -0.2) is 34.1 Å². The highest BCUT2D eigenvalue weighted by Gasteiger charge is 2.29. The predicted octanol–water partition coefficient (Wildman–Crippen LogP) is 3.44. The van der Waals surface area contributed by atoms with E-state index in [0.717, 1.165) is 17.0 Å². The number of halogens is 3. The van der Waals surface area contributed by atoms with Crippen molar-refractivity contribution in [2.45, 2.75) is 26.3 Å². The van der Waals surface area contributed by atoms with Crippen LogP contribution in [0.4, 0.5) is 19.3 Å². The average Bonchev–Trinajstić information content (AvgIpc) is 2.28. The minimum Gasteiger partial charge on any atom is -0.480 e. The van der Waals surface area contributed by atoms with Crippen molar-refractivity contribution in [2.75, 3.05) is 11.9 Å². The van der Waals surface area contributed by atoms with E-state index < -0.39 is 41.4 Å². The number of carbonyl (C=O) groups excluding carboxylic acids is 1. The molecule has 0 atom stereocenters. The van der Waals surface area contributed by atoms with Crippen LogP contribution >= 0.6 is 15.9 Å². The molecular weight excluding hydrogens is 350 g/mol. The Labute approximate surface area is 129 Å². The van der Waals surface area contributed by atoms with E-state index in [-0.39, 0.29) is 4.47 Å². The minimum absolute atomic E-state index is 0.189. The largest absolute Gasteiger partial charge is 0.480 e. The third-order valence-corrected chi connectivity index (χ3v) is 3.04. The second-order valence-corrected chi connectivity index (χ2v) is 6.24. The number of amides is 2. The number of carboxylic acid groups (broad SMARTS) is 1. The number of nitrogens with one attached hydrogen (secondary N) is 1. The summed E-state index contributed by atoms with van der Waals surface area (Å²) in [6.07, 6.45) is 0. The standard InChI is InChI=1S/C13H15BrF2N2O3/c1-13(2,3)18(6-10(19)20)12(21)17-11-8(15)4-7(14)5-9(11)16/h4-5H,6H2,1-3H3,(H,17,21)(H,19,20). The lowest BCUT2D eigenvalue weighted by Crippen LogP contribution is -2.50. The molecule has 0 aliphatic rings. The Morgan fingerprint density at radius 2 is 1.76 bits per heavy atom. The molecule has 0 radical (unpaired) electrons. The zero-order valence-corrected chi connectivity index (χ0v) is 13.3. The highest BCUT2D eigenvalue weighted by atomic mass is 79.9. The van der Waals surface area contributed by atoms with E-state index in [1.165, 1.54) is 0 Å². The molecule has 0 saturated carbocycles. The molecule has 1 aromatic rings. The quantitative estimate of drug-likeness (QED) is 0.862. The Balaban J connectivity index is 3.05. The average molecular weight is 365 g/mol. The lowest BCUT2D eigenvalue weighted by Gasteiger charge is -2.34. The van der Waals surface area contributed by atoms with Gasteiger partial charge in [0.05, 0.1) is 0 Å². The van der Waals surface area contributed by atoms with E-state index >= 15 is 0 Å². The number of urea groups is 1. The van der Waals surface area contributed by atoms with Gasteiger partial charge >= 0.3 is 12.0 Å². The van der Waals surface area contributed by atoms with Crippen molar-refractivity contribution in [3.05, 3.63) is 28.2 Å². The maximum atomic E-state index is 13.7. The summed E-state index contributed by atoms with van der Waals surface area (Å²) in [5.41, 5.74) is -1.45. The van der Waals surface area contributed by atoms with Gasteiger partial charge < -0.3 is 15.3 Å². The van der Waals surface area contributed by atoms with Gasteiger partial charge in [-0.3, -0.25) is 4.79 Å². The SMILES string of the molecule is CC(C)(C)N(CC(=O)O)C(=O)Nc1c(F)cc(Br)cc1F. The highest BCUT2D eigenvalue weighted by Crippen LogP contribution is 2.25. The Morgan fingerprint density at radius 3 is 2.14 bits per heavy atom. The molecule has 0 unspecified atom stereocenters. The first kappa shape index (κ1) is 17.4. The van der Waals surface area contributed by atoms with Gasteiger partial charge in [-0.1, -0.05) is 15.9 Å². The number of hydrogen-bond donors (Lipinski definition) is 2. The predicted molar refractivity (Wildman–Crippen MR) is 77.2 cm³/mol. The van der Waals surface area contributed by atoms with E-state index in [1.54, 1.807) is 20.8 Å². The van der Waals surface area contributed by atoms with Crippen molar-refractivity contribution < 1.29 is 23.5 Å². The van der Waals surface area contributed by atoms with E-state index in [9.17, 15) is 18.4 Å². The maximum Gasteiger partial charge on any atom is 0.323 e. The molecule has 0 heterocycles. The zero-order valence-electron chi connectivity index (χ0n) is 11.7. The summed E-state index contributed by atoms with van der Waals surface area (Å²) < 4.78 is 27.5. The monoisotopic (exact) mass is 364 g/mol. The van der Waals surface area contributed by atoms with Crippen molar-refractivity contribution in [2.24, 2.45) is 0 Å². The maximum absolute atomic E-state index is 13.7. The van der Waals surface area contributed by atoms with Gasteiger partial charge in [-0.25, -0.2) is 13.6 Å². The topological polar surface area (TPSA) is 69.6 Å². The van der Waals surface area contributed by atoms with E-state index in [4.69, 9.17) is 5.11 Å². The van der Waals surface area contributed by atoms with Crippen molar-refractivity contribution in [1.29, 1.82) is 0 Å². The number of carboxylic acids is 1. The molecule has 0 aliphatic heterocycles. The van der Waals surface area contributed by atoms with Gasteiger partial charge in [-0.15, -0.1) is 0 Å². The Bertz CT molecular complexity index is 550. The van der Waals surface area contributed by atoms with E-state index in [1.807, 2.05) is 0 Å². The number of nitrogens with zero attached hydrogens (tertiary/aromatic N) is 1. The number of carbonyl (C=O) groups is 2. The minimum atomic E-state index is -1.23. The summed E-state index contributed by atoms with van der Waals surface area (Å²) in [6.45, 7) is 4.26. The summed E-state index contributed by atoms with van der Waals surface area (Å²) in [5.74, 6) is -3.14. The number of benzene rings is 1. The fourth-order valence-electron chi connectivity index (χ4n) is 1.58. The van der Waals surface area contributed by atoms with Gasteiger partial charge in [0.15, 0.2) is 11.6 Å². The van der Waals surface area contributed by atoms with Gasteiger partial charge in [0, 0.05) is 10.0 Å². The van der Waals surface area contributed by atoms with Crippen LogP contribution in [0.2, 0.25) is 0 Å². The van der Waals surface area contributed by atoms with Crippen LogP contribution in [0.1, 0.15) is 20.8 Å². The van der Waals surface area contributed by atoms with Gasteiger partial charge in [-0.05, 0) is 32.9 Å². The Morgan fingerprint density at radius 1 is 1.29 bits per heavy atom. The third kappa shape index (κ3) is 4.66. The van der Waals surface area contributed by atoms with E-state index in [0.29, 0.717) is 0 Å². The van der Waals surface area contributed by atoms with Gasteiger partial charge in [-0.2, -0.15) is 0 Å². The number of anilines is 1. The highest BCUT2D eigenvalue weighted by molar-refractivity contribution is 9.10. The van der Waals surface area contributed by atoms with Crippen LogP contribution in [-0.2, 0) is 4.79 Å². The smallest absolute Gasteiger partial charge is 0.323 e. The van der Waals surface area contributed by atoms with Crippen molar-refractivity contribution >= 4 is 33.6 Å². The molecule has 0 spiro atoms. The van der Waals surface area contributed by atoms with E-state index in [2.05, 4.69) is 21.2 Å². The molecule has 2 amide bonds. The van der Waals surface area contributed by atoms with Crippen molar-refractivity contribution in [3.63, 3.8) is 0 Å². The molecule has 0 fully saturated rings.